The molecule has 2 heterocycles. The molecule has 4 N–H and O–H groups in total. The molecule has 0 saturated carbocycles. The van der Waals surface area contributed by atoms with Crippen molar-refractivity contribution < 1.29 is 58.7 Å². The van der Waals surface area contributed by atoms with Gasteiger partial charge in [-0.1, -0.05) is 0 Å². The Hall–Kier alpha value is -5.26. The van der Waals surface area contributed by atoms with Crippen molar-refractivity contribution >= 4 is 46.6 Å². The molecule has 6 rings (SSSR count). The number of aliphatic hydroxyl groups excluding tert-OH is 2. The second kappa shape index (κ2) is 8.12. The van der Waals surface area contributed by atoms with Crippen LogP contribution in [-0.2, 0) is 31.9 Å². The summed E-state index contributed by atoms with van der Waals surface area (Å²) in [7, 11) is 0. The minimum Gasteiger partial charge on any atom is -0.507 e. The highest BCUT2D eigenvalue weighted by Crippen LogP contribution is 2.46. The number of carbonyl (C=O) groups is 6. The van der Waals surface area contributed by atoms with E-state index in [0.717, 1.165) is 12.1 Å². The van der Waals surface area contributed by atoms with E-state index in [9.17, 15) is 49.2 Å². The van der Waals surface area contributed by atoms with E-state index in [1.165, 1.54) is 0 Å². The number of aliphatic hydroxyl groups is 2. The lowest BCUT2D eigenvalue weighted by Gasteiger charge is -2.29. The van der Waals surface area contributed by atoms with E-state index in [0.29, 0.717) is 0 Å². The molecule has 2 unspecified atom stereocenters. The summed E-state index contributed by atoms with van der Waals surface area (Å²) in [6, 6.07) is 2.20. The predicted octanol–water partition coefficient (Wildman–Crippen LogP) is 2.07. The first-order valence-electron chi connectivity index (χ1n) is 12.1. The smallest absolute Gasteiger partial charge is 0.339 e. The number of aromatic hydroxyl groups is 2. The second-order valence-corrected chi connectivity index (χ2v) is 9.96. The van der Waals surface area contributed by atoms with E-state index in [1.54, 1.807) is 13.8 Å². The standard InChI is InChI=1S/C28H18O12/c1-7-3-9-5-11(29)15-17(13(9)27(37)39-7)23(33)25(35)19(21(15)31)20-22(32)16-12(30)6-10-4-8(2)40-28(38)14(10)18(16)24(34)26(20)36/h5-8,29-32H,3-4H2,1-2H3. The molecule has 40 heavy (non-hydrogen) atoms. The van der Waals surface area contributed by atoms with Gasteiger partial charge < -0.3 is 29.9 Å². The van der Waals surface area contributed by atoms with Crippen molar-refractivity contribution in [2.45, 2.75) is 38.9 Å². The zero-order chi connectivity index (χ0) is 28.9. The SMILES string of the molecule is CC1Cc2cc(O)c3c(c2C(=O)O1)C(=O)C(=O)C(C1=C(O)c2c(O)cc4c(c2C(=O)C1=O)C(=O)OC(C)C4)=C3O. The number of allylic oxidation sites excluding steroid dienone is 2. The van der Waals surface area contributed by atoms with Crippen molar-refractivity contribution in [1.82, 2.24) is 0 Å². The van der Waals surface area contributed by atoms with Crippen LogP contribution in [0, 0.1) is 0 Å². The Morgan fingerprint density at radius 3 is 1.25 bits per heavy atom. The van der Waals surface area contributed by atoms with Gasteiger partial charge in [0.2, 0.25) is 23.1 Å². The summed E-state index contributed by atoms with van der Waals surface area (Å²) in [6.07, 6.45) is -1.00. The molecule has 0 aromatic heterocycles. The van der Waals surface area contributed by atoms with Gasteiger partial charge in [-0.05, 0) is 37.1 Å². The Morgan fingerprint density at radius 2 is 0.900 bits per heavy atom. The zero-order valence-electron chi connectivity index (χ0n) is 20.8. The summed E-state index contributed by atoms with van der Waals surface area (Å²) in [5, 5.41) is 43.7. The molecule has 12 nitrogen and oxygen atoms in total. The Morgan fingerprint density at radius 1 is 0.550 bits per heavy atom. The Labute approximate surface area is 223 Å². The van der Waals surface area contributed by atoms with Gasteiger partial charge in [0.05, 0.1) is 44.5 Å². The molecule has 0 saturated heterocycles. The van der Waals surface area contributed by atoms with E-state index in [1.807, 2.05) is 0 Å². The zero-order valence-corrected chi connectivity index (χ0v) is 20.8. The number of hydrogen-bond acceptors (Lipinski definition) is 12. The lowest BCUT2D eigenvalue weighted by Crippen LogP contribution is -2.36. The van der Waals surface area contributed by atoms with Gasteiger partial charge in [0.25, 0.3) is 0 Å². The molecule has 0 bridgehead atoms. The Balaban J connectivity index is 1.65. The monoisotopic (exact) mass is 546 g/mol. The molecule has 2 atom stereocenters. The molecule has 2 aliphatic carbocycles. The predicted molar refractivity (Wildman–Crippen MR) is 131 cm³/mol. The van der Waals surface area contributed by atoms with Crippen LogP contribution < -0.4 is 0 Å². The Kier molecular flexibility index (Phi) is 5.08. The maximum Gasteiger partial charge on any atom is 0.339 e. The third-order valence-electron chi connectivity index (χ3n) is 7.33. The van der Waals surface area contributed by atoms with Crippen molar-refractivity contribution in [2.75, 3.05) is 0 Å². The average Bonchev–Trinajstić information content (AvgIpc) is 2.86. The highest BCUT2D eigenvalue weighted by atomic mass is 16.5. The van der Waals surface area contributed by atoms with Crippen LogP contribution in [0.4, 0.5) is 0 Å². The number of phenols is 2. The molecule has 0 spiro atoms. The number of fused-ring (bicyclic) bond motifs is 6. The van der Waals surface area contributed by atoms with Crippen molar-refractivity contribution in [3.63, 3.8) is 0 Å². The minimum absolute atomic E-state index is 0.0985. The highest BCUT2D eigenvalue weighted by molar-refractivity contribution is 6.61. The number of carbonyl (C=O) groups excluding carboxylic acids is 6. The summed E-state index contributed by atoms with van der Waals surface area (Å²) in [5.41, 5.74) is -5.22. The molecule has 2 aromatic carbocycles. The summed E-state index contributed by atoms with van der Waals surface area (Å²) >= 11 is 0. The first-order chi connectivity index (χ1) is 18.8. The van der Waals surface area contributed by atoms with Crippen LogP contribution in [0.5, 0.6) is 11.5 Å². The lowest BCUT2D eigenvalue weighted by molar-refractivity contribution is -0.114. The number of cyclic esters (lactones) is 2. The van der Waals surface area contributed by atoms with Crippen LogP contribution in [0.2, 0.25) is 0 Å². The molecule has 0 fully saturated rings. The first-order valence-corrected chi connectivity index (χ1v) is 12.1. The van der Waals surface area contributed by atoms with E-state index < -0.39 is 104 Å². The van der Waals surface area contributed by atoms with Gasteiger partial charge in [-0.15, -0.1) is 0 Å². The van der Waals surface area contributed by atoms with Crippen LogP contribution in [0.1, 0.15) is 77.5 Å². The van der Waals surface area contributed by atoms with Gasteiger partial charge in [0.15, 0.2) is 0 Å². The third-order valence-corrected chi connectivity index (χ3v) is 7.33. The third kappa shape index (κ3) is 3.12. The number of phenolic OH excluding ortho intramolecular Hbond substituents is 2. The maximum absolute atomic E-state index is 13.3. The topological polar surface area (TPSA) is 202 Å². The number of benzene rings is 2. The molecule has 4 aliphatic rings. The maximum atomic E-state index is 13.3. The fourth-order valence-corrected chi connectivity index (χ4v) is 5.74. The van der Waals surface area contributed by atoms with Crippen molar-refractivity contribution in [3.8, 4) is 11.5 Å². The van der Waals surface area contributed by atoms with Crippen molar-refractivity contribution in [1.29, 1.82) is 0 Å². The molecule has 12 heteroatoms. The molecule has 2 aliphatic heterocycles. The molecule has 0 amide bonds. The summed E-state index contributed by atoms with van der Waals surface area (Å²) in [4.78, 5) is 78.6. The van der Waals surface area contributed by atoms with E-state index in [4.69, 9.17) is 9.47 Å². The number of hydrogen-bond donors (Lipinski definition) is 4. The summed E-state index contributed by atoms with van der Waals surface area (Å²) in [6.45, 7) is 3.15. The summed E-state index contributed by atoms with van der Waals surface area (Å²) in [5.74, 6) is -11.7. The number of ether oxygens (including phenoxy) is 2. The normalized spacial score (nSPS) is 21.9. The van der Waals surface area contributed by atoms with Crippen LogP contribution >= 0.6 is 0 Å². The largest absolute Gasteiger partial charge is 0.507 e. The van der Waals surface area contributed by atoms with E-state index in [2.05, 4.69) is 0 Å². The molecule has 0 radical (unpaired) electrons. The molecule has 202 valence electrons. The second-order valence-electron chi connectivity index (χ2n) is 9.96. The molecular weight excluding hydrogens is 528 g/mol. The number of esters is 2. The fraction of sp³-hybridized carbons (Fsp3) is 0.214. The van der Waals surface area contributed by atoms with Gasteiger partial charge in [-0.2, -0.15) is 0 Å². The van der Waals surface area contributed by atoms with E-state index >= 15 is 0 Å². The van der Waals surface area contributed by atoms with Crippen LogP contribution in [0.3, 0.4) is 0 Å². The van der Waals surface area contributed by atoms with Crippen LogP contribution in [0.25, 0.3) is 11.5 Å². The van der Waals surface area contributed by atoms with Gasteiger partial charge in [-0.3, -0.25) is 19.2 Å². The van der Waals surface area contributed by atoms with Gasteiger partial charge in [-0.25, -0.2) is 9.59 Å². The van der Waals surface area contributed by atoms with Gasteiger partial charge in [0, 0.05) is 12.8 Å². The lowest BCUT2D eigenvalue weighted by atomic mass is 9.75. The van der Waals surface area contributed by atoms with Gasteiger partial charge >= 0.3 is 11.9 Å². The van der Waals surface area contributed by atoms with Crippen LogP contribution in [-0.4, -0.2) is 67.7 Å². The quantitative estimate of drug-likeness (QED) is 0.300. The Bertz CT molecular complexity index is 1640. The number of rotatable bonds is 1. The van der Waals surface area contributed by atoms with Crippen molar-refractivity contribution in [2.24, 2.45) is 0 Å². The van der Waals surface area contributed by atoms with E-state index in [-0.39, 0.29) is 35.1 Å². The average molecular weight is 546 g/mol. The fourth-order valence-electron chi connectivity index (χ4n) is 5.74. The first kappa shape index (κ1) is 25.0. The number of ketones is 4. The number of Topliss-reactive ketones (excluding diaryl/α,β-unsaturated/α-hetero) is 4. The molecule has 2 aromatic rings. The molecular formula is C28H18O12. The summed E-state index contributed by atoms with van der Waals surface area (Å²) < 4.78 is 10.3. The van der Waals surface area contributed by atoms with Crippen molar-refractivity contribution in [3.05, 3.63) is 67.8 Å². The highest BCUT2D eigenvalue weighted by Gasteiger charge is 2.48. The minimum atomic E-state index is -1.57. The van der Waals surface area contributed by atoms with Gasteiger partial charge in [0.1, 0.15) is 35.2 Å². The van der Waals surface area contributed by atoms with Crippen LogP contribution in [0.15, 0.2) is 23.3 Å².